The molecule has 1 fully saturated rings. The van der Waals surface area contributed by atoms with Crippen LogP contribution in [0.1, 0.15) is 42.4 Å². The number of aryl methyl sites for hydroxylation is 2. The summed E-state index contributed by atoms with van der Waals surface area (Å²) in [7, 11) is 1.82. The minimum atomic E-state index is 0.0643. The van der Waals surface area contributed by atoms with Crippen molar-refractivity contribution in [2.75, 3.05) is 7.11 Å². The average Bonchev–Trinajstić information content (AvgIpc) is 2.36. The van der Waals surface area contributed by atoms with E-state index in [1.165, 1.54) is 23.1 Å². The van der Waals surface area contributed by atoms with Crippen molar-refractivity contribution in [3.63, 3.8) is 0 Å². The van der Waals surface area contributed by atoms with Crippen LogP contribution in [0.25, 0.3) is 0 Å². The number of nitrogens with two attached hydrogens (primary N) is 1. The Labute approximate surface area is 116 Å². The van der Waals surface area contributed by atoms with E-state index in [9.17, 15) is 0 Å². The zero-order chi connectivity index (χ0) is 13.9. The number of rotatable bonds is 6. The molecule has 3 nitrogen and oxygen atoms in total. The Bertz CT molecular complexity index is 421. The highest BCUT2D eigenvalue weighted by atomic mass is 16.5. The summed E-state index contributed by atoms with van der Waals surface area (Å²) in [6.45, 7) is 4.30. The summed E-state index contributed by atoms with van der Waals surface area (Å²) >= 11 is 0. The van der Waals surface area contributed by atoms with E-state index in [2.05, 4.69) is 37.5 Å². The van der Waals surface area contributed by atoms with Crippen LogP contribution in [0.2, 0.25) is 0 Å². The van der Waals surface area contributed by atoms with Crippen LogP contribution in [0.5, 0.6) is 0 Å². The van der Waals surface area contributed by atoms with Crippen LogP contribution in [-0.4, -0.2) is 18.8 Å². The topological polar surface area (TPSA) is 47.3 Å². The van der Waals surface area contributed by atoms with Gasteiger partial charge in [-0.15, -0.1) is 0 Å². The van der Waals surface area contributed by atoms with Crippen LogP contribution >= 0.6 is 0 Å². The first-order chi connectivity index (χ1) is 9.08. The molecule has 0 aromatic heterocycles. The second-order valence-electron chi connectivity index (χ2n) is 5.94. The van der Waals surface area contributed by atoms with Gasteiger partial charge in [-0.3, -0.25) is 11.3 Å². The number of methoxy groups -OCH3 is 1. The largest absolute Gasteiger partial charge is 0.378 e. The van der Waals surface area contributed by atoms with E-state index in [4.69, 9.17) is 10.6 Å². The van der Waals surface area contributed by atoms with Gasteiger partial charge >= 0.3 is 0 Å². The molecule has 1 aromatic rings. The number of nitrogens with one attached hydrogen (secondary N) is 1. The third-order valence-electron chi connectivity index (χ3n) is 4.52. The molecule has 106 valence electrons. The Morgan fingerprint density at radius 3 is 2.63 bits per heavy atom. The van der Waals surface area contributed by atoms with Crippen molar-refractivity contribution in [1.82, 2.24) is 5.43 Å². The summed E-state index contributed by atoms with van der Waals surface area (Å²) in [4.78, 5) is 0. The summed E-state index contributed by atoms with van der Waals surface area (Å²) in [6.07, 6.45) is 5.56. The Kier molecular flexibility index (Phi) is 4.61. The highest BCUT2D eigenvalue weighted by Crippen LogP contribution is 2.39. The summed E-state index contributed by atoms with van der Waals surface area (Å²) in [6, 6.07) is 6.89. The van der Waals surface area contributed by atoms with Gasteiger partial charge in [0.05, 0.1) is 5.60 Å². The van der Waals surface area contributed by atoms with Gasteiger partial charge in [-0.05, 0) is 57.1 Å². The first-order valence-corrected chi connectivity index (χ1v) is 7.16. The van der Waals surface area contributed by atoms with Gasteiger partial charge in [0.25, 0.3) is 0 Å². The molecule has 0 spiro atoms. The van der Waals surface area contributed by atoms with Gasteiger partial charge < -0.3 is 4.74 Å². The zero-order valence-corrected chi connectivity index (χ0v) is 12.3. The maximum atomic E-state index is 5.74. The third kappa shape index (κ3) is 3.35. The lowest BCUT2D eigenvalue weighted by molar-refractivity contribution is -0.0834. The first-order valence-electron chi connectivity index (χ1n) is 7.16. The molecule has 1 atom stereocenters. The maximum absolute atomic E-state index is 5.74. The lowest BCUT2D eigenvalue weighted by atomic mass is 9.75. The molecule has 0 radical (unpaired) electrons. The normalized spacial score (nSPS) is 18.9. The third-order valence-corrected chi connectivity index (χ3v) is 4.52. The molecular formula is C16H26N2O. The van der Waals surface area contributed by atoms with Gasteiger partial charge in [0.1, 0.15) is 0 Å². The molecule has 0 heterocycles. The SMILES string of the molecule is COC1(CC(Cc2cc(C)ccc2C)NN)CCC1. The smallest absolute Gasteiger partial charge is 0.0694 e. The van der Waals surface area contributed by atoms with Crippen molar-refractivity contribution in [3.8, 4) is 0 Å². The van der Waals surface area contributed by atoms with E-state index in [-0.39, 0.29) is 11.6 Å². The van der Waals surface area contributed by atoms with Gasteiger partial charge in [0.2, 0.25) is 0 Å². The first kappa shape index (κ1) is 14.5. The number of hydrazine groups is 1. The van der Waals surface area contributed by atoms with Crippen LogP contribution in [0, 0.1) is 13.8 Å². The molecule has 3 heteroatoms. The van der Waals surface area contributed by atoms with Gasteiger partial charge in [-0.1, -0.05) is 23.8 Å². The number of ether oxygens (including phenoxy) is 1. The summed E-state index contributed by atoms with van der Waals surface area (Å²) in [5.74, 6) is 5.74. The number of hydrogen-bond donors (Lipinski definition) is 2. The van der Waals surface area contributed by atoms with Crippen molar-refractivity contribution in [3.05, 3.63) is 34.9 Å². The standard InChI is InChI=1S/C16H26N2O/c1-12-5-6-13(2)14(9-12)10-15(18-17)11-16(19-3)7-4-8-16/h5-6,9,15,18H,4,7-8,10-11,17H2,1-3H3. The molecule has 1 unspecified atom stereocenters. The second-order valence-corrected chi connectivity index (χ2v) is 5.94. The molecule has 1 aliphatic rings. The molecule has 0 amide bonds. The van der Waals surface area contributed by atoms with Crippen molar-refractivity contribution in [2.24, 2.45) is 5.84 Å². The van der Waals surface area contributed by atoms with E-state index in [0.717, 1.165) is 25.7 Å². The lowest BCUT2D eigenvalue weighted by Crippen LogP contribution is -2.48. The summed E-state index contributed by atoms with van der Waals surface area (Å²) in [5, 5.41) is 0. The number of benzene rings is 1. The van der Waals surface area contributed by atoms with Gasteiger partial charge in [-0.2, -0.15) is 0 Å². The predicted molar refractivity (Wildman–Crippen MR) is 78.9 cm³/mol. The van der Waals surface area contributed by atoms with Crippen molar-refractivity contribution >= 4 is 0 Å². The molecule has 1 aromatic carbocycles. The van der Waals surface area contributed by atoms with E-state index in [0.29, 0.717) is 0 Å². The van der Waals surface area contributed by atoms with E-state index >= 15 is 0 Å². The van der Waals surface area contributed by atoms with Gasteiger partial charge in [0, 0.05) is 13.2 Å². The van der Waals surface area contributed by atoms with Crippen molar-refractivity contribution < 1.29 is 4.74 Å². The molecule has 19 heavy (non-hydrogen) atoms. The van der Waals surface area contributed by atoms with Crippen LogP contribution in [0.4, 0.5) is 0 Å². The molecular weight excluding hydrogens is 236 g/mol. The van der Waals surface area contributed by atoms with Crippen LogP contribution in [-0.2, 0) is 11.2 Å². The number of hydrogen-bond acceptors (Lipinski definition) is 3. The van der Waals surface area contributed by atoms with Gasteiger partial charge in [0.15, 0.2) is 0 Å². The Morgan fingerprint density at radius 2 is 2.11 bits per heavy atom. The molecule has 0 saturated heterocycles. The second kappa shape index (κ2) is 6.04. The van der Waals surface area contributed by atoms with Crippen LogP contribution in [0.3, 0.4) is 0 Å². The molecule has 0 aliphatic heterocycles. The minimum absolute atomic E-state index is 0.0643. The fraction of sp³-hybridized carbons (Fsp3) is 0.625. The molecule has 1 aliphatic carbocycles. The van der Waals surface area contributed by atoms with Crippen molar-refractivity contribution in [2.45, 2.75) is 57.6 Å². The Morgan fingerprint density at radius 1 is 1.37 bits per heavy atom. The fourth-order valence-electron chi connectivity index (χ4n) is 2.99. The Hall–Kier alpha value is -0.900. The van der Waals surface area contributed by atoms with Crippen molar-refractivity contribution in [1.29, 1.82) is 0 Å². The molecule has 2 rings (SSSR count). The van der Waals surface area contributed by atoms with Gasteiger partial charge in [-0.25, -0.2) is 0 Å². The highest BCUT2D eigenvalue weighted by Gasteiger charge is 2.38. The predicted octanol–water partition coefficient (Wildman–Crippen LogP) is 2.64. The van der Waals surface area contributed by atoms with Crippen LogP contribution < -0.4 is 11.3 Å². The molecule has 0 bridgehead atoms. The molecule has 1 saturated carbocycles. The zero-order valence-electron chi connectivity index (χ0n) is 12.3. The summed E-state index contributed by atoms with van der Waals surface area (Å²) < 4.78 is 5.70. The Balaban J connectivity index is 2.04. The van der Waals surface area contributed by atoms with Crippen LogP contribution in [0.15, 0.2) is 18.2 Å². The highest BCUT2D eigenvalue weighted by molar-refractivity contribution is 5.31. The maximum Gasteiger partial charge on any atom is 0.0694 e. The average molecular weight is 262 g/mol. The lowest BCUT2D eigenvalue weighted by Gasteiger charge is -2.42. The minimum Gasteiger partial charge on any atom is -0.378 e. The fourth-order valence-corrected chi connectivity index (χ4v) is 2.99. The molecule has 3 N–H and O–H groups in total. The van der Waals surface area contributed by atoms with E-state index in [1.807, 2.05) is 7.11 Å². The monoisotopic (exact) mass is 262 g/mol. The van der Waals surface area contributed by atoms with E-state index in [1.54, 1.807) is 0 Å². The van der Waals surface area contributed by atoms with E-state index < -0.39 is 0 Å². The summed E-state index contributed by atoms with van der Waals surface area (Å²) in [5.41, 5.74) is 7.07. The quantitative estimate of drug-likeness (QED) is 0.612.